The van der Waals surface area contributed by atoms with Gasteiger partial charge in [-0.1, -0.05) is 54.1 Å². The van der Waals surface area contributed by atoms with Gasteiger partial charge in [-0.25, -0.2) is 8.78 Å². The molecule has 3 aromatic rings. The van der Waals surface area contributed by atoms with E-state index in [1.54, 1.807) is 36.4 Å². The smallest absolute Gasteiger partial charge is 0.131 e. The molecule has 0 spiro atoms. The lowest BCUT2D eigenvalue weighted by atomic mass is 9.93. The van der Waals surface area contributed by atoms with Gasteiger partial charge in [-0.2, -0.15) is 0 Å². The number of allylic oxidation sites excluding steroid dienone is 1. The predicted octanol–water partition coefficient (Wildman–Crippen LogP) is 5.53. The number of rotatable bonds is 4. The van der Waals surface area contributed by atoms with Crippen LogP contribution >= 0.6 is 0 Å². The van der Waals surface area contributed by atoms with Crippen molar-refractivity contribution < 1.29 is 8.78 Å². The molecule has 0 saturated heterocycles. The Labute approximate surface area is 146 Å². The second-order valence-electron chi connectivity index (χ2n) is 5.98. The van der Waals surface area contributed by atoms with Crippen LogP contribution in [0.1, 0.15) is 22.3 Å². The maximum Gasteiger partial charge on any atom is 0.131 e. The SMILES string of the molecule is Cc1ccc(N)c(/C(=C\Cc2ccccc2F)c2ccccc2F)c1. The second-order valence-corrected chi connectivity index (χ2v) is 5.98. The zero-order valence-electron chi connectivity index (χ0n) is 14.0. The summed E-state index contributed by atoms with van der Waals surface area (Å²) in [6.07, 6.45) is 2.19. The van der Waals surface area contributed by atoms with Crippen LogP contribution in [0.4, 0.5) is 14.5 Å². The lowest BCUT2D eigenvalue weighted by molar-refractivity contribution is 0.615. The molecule has 25 heavy (non-hydrogen) atoms. The van der Waals surface area contributed by atoms with Crippen molar-refractivity contribution >= 4 is 11.3 Å². The van der Waals surface area contributed by atoms with E-state index in [1.807, 2.05) is 31.2 Å². The van der Waals surface area contributed by atoms with E-state index in [2.05, 4.69) is 0 Å². The molecular weight excluding hydrogens is 316 g/mol. The highest BCUT2D eigenvalue weighted by Gasteiger charge is 2.13. The standard InChI is InChI=1S/C22H19F2N/c1-15-10-13-22(25)19(14-15)17(18-7-3-5-9-21(18)24)12-11-16-6-2-4-8-20(16)23/h2-10,12-14H,11,25H2,1H3/b17-12-. The normalized spacial score (nSPS) is 11.6. The molecule has 126 valence electrons. The van der Waals surface area contributed by atoms with Gasteiger partial charge in [0, 0.05) is 16.8 Å². The van der Waals surface area contributed by atoms with Gasteiger partial charge in [-0.05, 0) is 48.7 Å². The minimum atomic E-state index is -0.330. The third-order valence-corrected chi connectivity index (χ3v) is 4.15. The van der Waals surface area contributed by atoms with Crippen LogP contribution < -0.4 is 5.73 Å². The molecule has 0 radical (unpaired) electrons. The van der Waals surface area contributed by atoms with Gasteiger partial charge in [-0.15, -0.1) is 0 Å². The summed E-state index contributed by atoms with van der Waals surface area (Å²) in [4.78, 5) is 0. The number of benzene rings is 3. The van der Waals surface area contributed by atoms with Crippen LogP contribution in [-0.2, 0) is 6.42 Å². The van der Waals surface area contributed by atoms with Gasteiger partial charge in [-0.3, -0.25) is 0 Å². The first-order valence-corrected chi connectivity index (χ1v) is 8.11. The number of aryl methyl sites for hydroxylation is 1. The third-order valence-electron chi connectivity index (χ3n) is 4.15. The van der Waals surface area contributed by atoms with Crippen molar-refractivity contribution in [1.29, 1.82) is 0 Å². The molecule has 3 aromatic carbocycles. The molecule has 0 aliphatic carbocycles. The Morgan fingerprint density at radius 2 is 1.56 bits per heavy atom. The van der Waals surface area contributed by atoms with Crippen molar-refractivity contribution in [3.05, 3.63) is 107 Å². The molecule has 0 atom stereocenters. The van der Waals surface area contributed by atoms with Gasteiger partial charge >= 0.3 is 0 Å². The molecule has 3 heteroatoms. The van der Waals surface area contributed by atoms with E-state index in [0.717, 1.165) is 11.1 Å². The molecule has 0 fully saturated rings. The van der Waals surface area contributed by atoms with Gasteiger partial charge in [0.05, 0.1) is 0 Å². The summed E-state index contributed by atoms with van der Waals surface area (Å²) in [5, 5.41) is 0. The van der Waals surface area contributed by atoms with E-state index < -0.39 is 0 Å². The van der Waals surface area contributed by atoms with Gasteiger partial charge in [0.1, 0.15) is 11.6 Å². The highest BCUT2D eigenvalue weighted by molar-refractivity contribution is 5.86. The average Bonchev–Trinajstić information content (AvgIpc) is 2.61. The van der Waals surface area contributed by atoms with Gasteiger partial charge in [0.2, 0.25) is 0 Å². The summed E-state index contributed by atoms with van der Waals surface area (Å²) in [6.45, 7) is 1.96. The fourth-order valence-electron chi connectivity index (χ4n) is 2.82. The molecule has 0 amide bonds. The number of nitrogens with two attached hydrogens (primary N) is 1. The summed E-state index contributed by atoms with van der Waals surface area (Å²) >= 11 is 0. The monoisotopic (exact) mass is 335 g/mol. The van der Waals surface area contributed by atoms with Crippen molar-refractivity contribution in [3.8, 4) is 0 Å². The molecule has 0 bridgehead atoms. The molecule has 0 unspecified atom stereocenters. The highest BCUT2D eigenvalue weighted by atomic mass is 19.1. The first-order valence-electron chi connectivity index (χ1n) is 8.11. The summed E-state index contributed by atoms with van der Waals surface area (Å²) in [5.74, 6) is -0.605. The zero-order valence-corrected chi connectivity index (χ0v) is 14.0. The van der Waals surface area contributed by atoms with Gasteiger partial charge in [0.15, 0.2) is 0 Å². The topological polar surface area (TPSA) is 26.0 Å². The molecule has 0 aliphatic rings. The van der Waals surface area contributed by atoms with Gasteiger partial charge in [0.25, 0.3) is 0 Å². The molecular formula is C22H19F2N. The molecule has 0 aromatic heterocycles. The Balaban J connectivity index is 2.12. The van der Waals surface area contributed by atoms with E-state index in [0.29, 0.717) is 28.8 Å². The van der Waals surface area contributed by atoms with E-state index in [4.69, 9.17) is 5.73 Å². The van der Waals surface area contributed by atoms with Crippen LogP contribution in [0.3, 0.4) is 0 Å². The van der Waals surface area contributed by atoms with Crippen LogP contribution in [0.25, 0.3) is 5.57 Å². The lowest BCUT2D eigenvalue weighted by Crippen LogP contribution is -1.99. The molecule has 0 aliphatic heterocycles. The minimum Gasteiger partial charge on any atom is -0.398 e. The Kier molecular flexibility index (Phi) is 4.94. The van der Waals surface area contributed by atoms with Crippen LogP contribution in [0.5, 0.6) is 0 Å². The molecule has 0 saturated carbocycles. The van der Waals surface area contributed by atoms with Crippen molar-refractivity contribution in [2.75, 3.05) is 5.73 Å². The fraction of sp³-hybridized carbons (Fsp3) is 0.0909. The van der Waals surface area contributed by atoms with E-state index in [1.165, 1.54) is 12.1 Å². The second kappa shape index (κ2) is 7.31. The molecule has 0 heterocycles. The van der Waals surface area contributed by atoms with Crippen LogP contribution in [-0.4, -0.2) is 0 Å². The summed E-state index contributed by atoms with van der Waals surface area (Å²) in [6, 6.07) is 18.8. The fourth-order valence-corrected chi connectivity index (χ4v) is 2.82. The minimum absolute atomic E-state index is 0.274. The van der Waals surface area contributed by atoms with E-state index in [-0.39, 0.29) is 11.6 Å². The van der Waals surface area contributed by atoms with Crippen molar-refractivity contribution in [3.63, 3.8) is 0 Å². The Morgan fingerprint density at radius 1 is 0.880 bits per heavy atom. The number of nitrogen functional groups attached to an aromatic ring is 1. The van der Waals surface area contributed by atoms with Crippen LogP contribution in [0.15, 0.2) is 72.8 Å². The number of hydrogen-bond acceptors (Lipinski definition) is 1. The van der Waals surface area contributed by atoms with Crippen molar-refractivity contribution in [2.45, 2.75) is 13.3 Å². The summed E-state index contributed by atoms with van der Waals surface area (Å²) < 4.78 is 28.3. The first kappa shape index (κ1) is 16.9. The third kappa shape index (κ3) is 3.77. The largest absolute Gasteiger partial charge is 0.398 e. The van der Waals surface area contributed by atoms with E-state index in [9.17, 15) is 8.78 Å². The summed E-state index contributed by atoms with van der Waals surface area (Å²) in [5.41, 5.74) is 10.2. The first-order chi connectivity index (χ1) is 12.1. The Hall–Kier alpha value is -2.94. The molecule has 1 nitrogen and oxygen atoms in total. The number of anilines is 1. The average molecular weight is 335 g/mol. The van der Waals surface area contributed by atoms with Crippen molar-refractivity contribution in [2.24, 2.45) is 0 Å². The number of hydrogen-bond donors (Lipinski definition) is 1. The maximum absolute atomic E-state index is 14.4. The van der Waals surface area contributed by atoms with Crippen LogP contribution in [0.2, 0.25) is 0 Å². The summed E-state index contributed by atoms with van der Waals surface area (Å²) in [7, 11) is 0. The maximum atomic E-state index is 14.4. The quantitative estimate of drug-likeness (QED) is 0.623. The molecule has 3 rings (SSSR count). The Bertz CT molecular complexity index is 929. The Morgan fingerprint density at radius 3 is 2.28 bits per heavy atom. The molecule has 2 N–H and O–H groups in total. The van der Waals surface area contributed by atoms with Crippen LogP contribution in [0, 0.1) is 18.6 Å². The zero-order chi connectivity index (χ0) is 17.8. The highest BCUT2D eigenvalue weighted by Crippen LogP contribution is 2.31. The van der Waals surface area contributed by atoms with Crippen molar-refractivity contribution in [1.82, 2.24) is 0 Å². The van der Waals surface area contributed by atoms with Gasteiger partial charge < -0.3 is 5.73 Å². The number of halogens is 2. The lowest BCUT2D eigenvalue weighted by Gasteiger charge is -2.13. The predicted molar refractivity (Wildman–Crippen MR) is 99.2 cm³/mol. The van der Waals surface area contributed by atoms with E-state index >= 15 is 0 Å².